The molecule has 0 aromatic carbocycles. The van der Waals surface area contributed by atoms with Crippen LogP contribution in [0.15, 0.2) is 18.5 Å². The van der Waals surface area contributed by atoms with E-state index in [2.05, 4.69) is 16.8 Å². The maximum atomic E-state index is 10.5. The third kappa shape index (κ3) is 4.66. The summed E-state index contributed by atoms with van der Waals surface area (Å²) in [6.45, 7) is 9.50. The molecule has 0 amide bonds. The zero-order valence-corrected chi connectivity index (χ0v) is 13.2. The lowest BCUT2D eigenvalue weighted by Crippen LogP contribution is -2.45. The summed E-state index contributed by atoms with van der Waals surface area (Å²) >= 11 is 0. The molecule has 0 aliphatic carbocycles. The number of pyridine rings is 1. The van der Waals surface area contributed by atoms with E-state index in [1.165, 1.54) is 0 Å². The van der Waals surface area contributed by atoms with Crippen LogP contribution in [0.1, 0.15) is 38.9 Å². The molecule has 2 atom stereocenters. The van der Waals surface area contributed by atoms with E-state index in [-0.39, 0.29) is 12.2 Å². The van der Waals surface area contributed by atoms with Crippen molar-refractivity contribution in [2.45, 2.75) is 45.5 Å². The molecule has 0 radical (unpaired) electrons. The molecule has 1 saturated heterocycles. The molecule has 2 heterocycles. The van der Waals surface area contributed by atoms with Crippen molar-refractivity contribution in [1.29, 1.82) is 0 Å². The molecule has 1 aliphatic heterocycles. The standard InChI is InChI=1S/C16H26N2O3/c1-4-5-18-6-7-20-15(11-18)16(19)13-8-14(10-17-9-13)21-12(2)3/h8-10,12,15-16,19H,4-7,11H2,1-3H3. The summed E-state index contributed by atoms with van der Waals surface area (Å²) in [5, 5.41) is 10.5. The second kappa shape index (κ2) is 7.73. The maximum Gasteiger partial charge on any atom is 0.138 e. The van der Waals surface area contributed by atoms with Gasteiger partial charge >= 0.3 is 0 Å². The first kappa shape index (κ1) is 16.2. The monoisotopic (exact) mass is 294 g/mol. The zero-order chi connectivity index (χ0) is 15.2. The fraction of sp³-hybridized carbons (Fsp3) is 0.688. The third-order valence-electron chi connectivity index (χ3n) is 3.52. The minimum atomic E-state index is -0.673. The first-order valence-electron chi connectivity index (χ1n) is 7.73. The number of aliphatic hydroxyl groups excluding tert-OH is 1. The molecule has 1 aliphatic rings. The molecule has 1 aromatic rings. The van der Waals surface area contributed by atoms with Crippen LogP contribution >= 0.6 is 0 Å². The molecule has 0 spiro atoms. The number of ether oxygens (including phenoxy) is 2. The van der Waals surface area contributed by atoms with E-state index < -0.39 is 6.10 Å². The lowest BCUT2D eigenvalue weighted by molar-refractivity contribution is -0.0899. The Labute approximate surface area is 126 Å². The number of hydrogen-bond acceptors (Lipinski definition) is 5. The van der Waals surface area contributed by atoms with Crippen molar-refractivity contribution >= 4 is 0 Å². The van der Waals surface area contributed by atoms with Gasteiger partial charge in [0.1, 0.15) is 18.0 Å². The molecule has 1 fully saturated rings. The number of rotatable bonds is 6. The third-order valence-corrected chi connectivity index (χ3v) is 3.52. The van der Waals surface area contributed by atoms with Crippen LogP contribution in [0.2, 0.25) is 0 Å². The molecule has 2 unspecified atom stereocenters. The van der Waals surface area contributed by atoms with Crippen LogP contribution < -0.4 is 4.74 Å². The number of aromatic nitrogens is 1. The van der Waals surface area contributed by atoms with Crippen LogP contribution in [0.25, 0.3) is 0 Å². The van der Waals surface area contributed by atoms with Gasteiger partial charge in [0, 0.05) is 24.8 Å². The van der Waals surface area contributed by atoms with Crippen LogP contribution in [0.4, 0.5) is 0 Å². The van der Waals surface area contributed by atoms with Crippen LogP contribution in [-0.4, -0.2) is 53.4 Å². The number of hydrogen-bond donors (Lipinski definition) is 1. The van der Waals surface area contributed by atoms with Crippen LogP contribution in [-0.2, 0) is 4.74 Å². The predicted octanol–water partition coefficient (Wildman–Crippen LogP) is 2.01. The van der Waals surface area contributed by atoms with Crippen molar-refractivity contribution in [3.63, 3.8) is 0 Å². The fourth-order valence-electron chi connectivity index (χ4n) is 2.59. The van der Waals surface area contributed by atoms with E-state index in [0.29, 0.717) is 12.4 Å². The Morgan fingerprint density at radius 2 is 2.29 bits per heavy atom. The summed E-state index contributed by atoms with van der Waals surface area (Å²) < 4.78 is 11.4. The lowest BCUT2D eigenvalue weighted by atomic mass is 10.0. The van der Waals surface area contributed by atoms with Crippen molar-refractivity contribution in [2.75, 3.05) is 26.2 Å². The molecule has 5 heteroatoms. The predicted molar refractivity (Wildman–Crippen MR) is 81.4 cm³/mol. The van der Waals surface area contributed by atoms with Gasteiger partial charge in [-0.05, 0) is 32.9 Å². The van der Waals surface area contributed by atoms with Crippen molar-refractivity contribution < 1.29 is 14.6 Å². The number of aliphatic hydroxyl groups is 1. The quantitative estimate of drug-likeness (QED) is 0.870. The first-order valence-corrected chi connectivity index (χ1v) is 7.73. The largest absolute Gasteiger partial charge is 0.489 e. The SMILES string of the molecule is CCCN1CCOC(C(O)c2cncc(OC(C)C)c2)C1. The van der Waals surface area contributed by atoms with Crippen LogP contribution in [0, 0.1) is 0 Å². The molecule has 118 valence electrons. The molecular weight excluding hydrogens is 268 g/mol. The smallest absolute Gasteiger partial charge is 0.138 e. The Bertz CT molecular complexity index is 437. The highest BCUT2D eigenvalue weighted by Crippen LogP contribution is 2.25. The Hall–Kier alpha value is -1.17. The molecular formula is C16H26N2O3. The van der Waals surface area contributed by atoms with Crippen molar-refractivity contribution in [2.24, 2.45) is 0 Å². The normalized spacial score (nSPS) is 21.5. The van der Waals surface area contributed by atoms with Gasteiger partial charge in [0.25, 0.3) is 0 Å². The minimum Gasteiger partial charge on any atom is -0.489 e. The Kier molecular flexibility index (Phi) is 5.96. The maximum absolute atomic E-state index is 10.5. The molecule has 5 nitrogen and oxygen atoms in total. The highest BCUT2D eigenvalue weighted by molar-refractivity contribution is 5.26. The second-order valence-electron chi connectivity index (χ2n) is 5.78. The summed E-state index contributed by atoms with van der Waals surface area (Å²) in [4.78, 5) is 6.49. The Morgan fingerprint density at radius 3 is 3.00 bits per heavy atom. The fourth-order valence-corrected chi connectivity index (χ4v) is 2.59. The number of morpholine rings is 1. The van der Waals surface area contributed by atoms with Crippen LogP contribution in [0.5, 0.6) is 5.75 Å². The van der Waals surface area contributed by atoms with Crippen molar-refractivity contribution in [3.05, 3.63) is 24.0 Å². The van der Waals surface area contributed by atoms with E-state index in [0.717, 1.165) is 31.6 Å². The molecule has 21 heavy (non-hydrogen) atoms. The highest BCUT2D eigenvalue weighted by atomic mass is 16.5. The second-order valence-corrected chi connectivity index (χ2v) is 5.78. The van der Waals surface area contributed by atoms with Gasteiger partial charge in [-0.3, -0.25) is 9.88 Å². The van der Waals surface area contributed by atoms with Gasteiger partial charge in [-0.1, -0.05) is 6.92 Å². The van der Waals surface area contributed by atoms with Gasteiger partial charge in [-0.15, -0.1) is 0 Å². The van der Waals surface area contributed by atoms with E-state index in [4.69, 9.17) is 9.47 Å². The van der Waals surface area contributed by atoms with Gasteiger partial charge < -0.3 is 14.6 Å². The van der Waals surface area contributed by atoms with E-state index in [1.54, 1.807) is 12.4 Å². The van der Waals surface area contributed by atoms with Crippen LogP contribution in [0.3, 0.4) is 0 Å². The number of nitrogens with zero attached hydrogens (tertiary/aromatic N) is 2. The molecule has 1 N–H and O–H groups in total. The Balaban J connectivity index is 2.03. The van der Waals surface area contributed by atoms with Crippen molar-refractivity contribution in [1.82, 2.24) is 9.88 Å². The van der Waals surface area contributed by atoms with Gasteiger partial charge in [0.15, 0.2) is 0 Å². The lowest BCUT2D eigenvalue weighted by Gasteiger charge is -2.35. The summed E-state index contributed by atoms with van der Waals surface area (Å²) in [6.07, 6.45) is 3.67. The van der Waals surface area contributed by atoms with Gasteiger partial charge in [-0.2, -0.15) is 0 Å². The summed E-state index contributed by atoms with van der Waals surface area (Å²) in [5.41, 5.74) is 0.747. The van der Waals surface area contributed by atoms with E-state index >= 15 is 0 Å². The highest BCUT2D eigenvalue weighted by Gasteiger charge is 2.28. The summed E-state index contributed by atoms with van der Waals surface area (Å²) in [5.74, 6) is 0.683. The average molecular weight is 294 g/mol. The van der Waals surface area contributed by atoms with E-state index in [9.17, 15) is 5.11 Å². The summed E-state index contributed by atoms with van der Waals surface area (Å²) in [7, 11) is 0. The topological polar surface area (TPSA) is 54.8 Å². The van der Waals surface area contributed by atoms with Gasteiger partial charge in [0.05, 0.1) is 18.9 Å². The van der Waals surface area contributed by atoms with Crippen molar-refractivity contribution in [3.8, 4) is 5.75 Å². The molecule has 1 aromatic heterocycles. The minimum absolute atomic E-state index is 0.0881. The average Bonchev–Trinajstić information content (AvgIpc) is 2.47. The summed E-state index contributed by atoms with van der Waals surface area (Å²) in [6, 6.07) is 1.85. The Morgan fingerprint density at radius 1 is 1.48 bits per heavy atom. The molecule has 0 bridgehead atoms. The first-order chi connectivity index (χ1) is 10.1. The molecule has 0 saturated carbocycles. The molecule has 2 rings (SSSR count). The van der Waals surface area contributed by atoms with E-state index in [1.807, 2.05) is 19.9 Å². The van der Waals surface area contributed by atoms with Gasteiger partial charge in [-0.25, -0.2) is 0 Å². The van der Waals surface area contributed by atoms with Gasteiger partial charge in [0.2, 0.25) is 0 Å². The zero-order valence-electron chi connectivity index (χ0n) is 13.2.